The lowest BCUT2D eigenvalue weighted by atomic mass is 10.1. The average Bonchev–Trinajstić information content (AvgIpc) is 2.71. The van der Waals surface area contributed by atoms with Crippen molar-refractivity contribution in [2.45, 2.75) is 58.8 Å². The van der Waals surface area contributed by atoms with E-state index in [-0.39, 0.29) is 12.0 Å². The van der Waals surface area contributed by atoms with E-state index in [2.05, 4.69) is 30.9 Å². The first-order valence-corrected chi connectivity index (χ1v) is 9.89. The van der Waals surface area contributed by atoms with Crippen LogP contribution in [0.2, 0.25) is 0 Å². The third kappa shape index (κ3) is 7.02. The molecular formula is C25H28F2. The van der Waals surface area contributed by atoms with Crippen LogP contribution in [0.3, 0.4) is 0 Å². The Morgan fingerprint density at radius 2 is 1.30 bits per heavy atom. The van der Waals surface area contributed by atoms with Gasteiger partial charge in [-0.15, -0.1) is 0 Å². The van der Waals surface area contributed by atoms with Crippen molar-refractivity contribution in [1.29, 1.82) is 0 Å². The summed E-state index contributed by atoms with van der Waals surface area (Å²) < 4.78 is 27.8. The number of rotatable bonds is 8. The molecule has 27 heavy (non-hydrogen) atoms. The molecule has 0 aliphatic carbocycles. The molecule has 0 saturated heterocycles. The van der Waals surface area contributed by atoms with Crippen molar-refractivity contribution in [2.24, 2.45) is 0 Å². The van der Waals surface area contributed by atoms with Gasteiger partial charge in [-0.1, -0.05) is 69.2 Å². The van der Waals surface area contributed by atoms with E-state index in [1.165, 1.54) is 24.8 Å². The third-order valence-electron chi connectivity index (χ3n) is 4.50. The van der Waals surface area contributed by atoms with Gasteiger partial charge in [0.25, 0.3) is 0 Å². The molecule has 0 saturated carbocycles. The van der Waals surface area contributed by atoms with Gasteiger partial charge in [-0.25, -0.2) is 8.78 Å². The van der Waals surface area contributed by atoms with Gasteiger partial charge < -0.3 is 0 Å². The smallest absolute Gasteiger partial charge is 0.161 e. The highest BCUT2D eigenvalue weighted by molar-refractivity contribution is 5.62. The van der Waals surface area contributed by atoms with Crippen molar-refractivity contribution in [3.05, 3.63) is 76.6 Å². The summed E-state index contributed by atoms with van der Waals surface area (Å²) in [6.07, 6.45) is 6.46. The molecule has 0 spiro atoms. The standard InChI is InChI=1S/C25H28F2/c1-3-5-7-8-20-10-12-21(13-11-20)14-15-22-16-18-23(19-17-22)25(27)24(26)9-6-4-2/h10-13,16-19H,3-9H2,1-2H3/b25-24-. The van der Waals surface area contributed by atoms with Gasteiger partial charge in [0.05, 0.1) is 0 Å². The number of benzene rings is 2. The van der Waals surface area contributed by atoms with Crippen LogP contribution < -0.4 is 0 Å². The third-order valence-corrected chi connectivity index (χ3v) is 4.50. The van der Waals surface area contributed by atoms with Gasteiger partial charge in [-0.05, 0) is 49.1 Å². The minimum Gasteiger partial charge on any atom is -0.209 e. The summed E-state index contributed by atoms with van der Waals surface area (Å²) in [5, 5.41) is 0. The van der Waals surface area contributed by atoms with Gasteiger partial charge in [0.15, 0.2) is 5.83 Å². The van der Waals surface area contributed by atoms with Gasteiger partial charge in [0.1, 0.15) is 5.83 Å². The highest BCUT2D eigenvalue weighted by atomic mass is 19.2. The van der Waals surface area contributed by atoms with E-state index in [9.17, 15) is 8.78 Å². The van der Waals surface area contributed by atoms with Crippen LogP contribution in [0.5, 0.6) is 0 Å². The van der Waals surface area contributed by atoms with Crippen molar-refractivity contribution >= 4 is 5.83 Å². The van der Waals surface area contributed by atoms with Crippen LogP contribution in [0.4, 0.5) is 8.78 Å². The number of allylic oxidation sites excluding steroid dienone is 1. The van der Waals surface area contributed by atoms with Crippen LogP contribution in [-0.4, -0.2) is 0 Å². The largest absolute Gasteiger partial charge is 0.209 e. The van der Waals surface area contributed by atoms with Crippen LogP contribution in [0.1, 0.15) is 74.6 Å². The molecule has 0 radical (unpaired) electrons. The molecule has 0 N–H and O–H groups in total. The molecule has 2 aromatic carbocycles. The van der Waals surface area contributed by atoms with Crippen molar-refractivity contribution in [3.8, 4) is 11.8 Å². The van der Waals surface area contributed by atoms with Gasteiger partial charge >= 0.3 is 0 Å². The van der Waals surface area contributed by atoms with E-state index in [4.69, 9.17) is 0 Å². The summed E-state index contributed by atoms with van der Waals surface area (Å²) >= 11 is 0. The summed E-state index contributed by atoms with van der Waals surface area (Å²) in [5.74, 6) is 4.77. The van der Waals surface area contributed by atoms with Gasteiger partial charge in [0.2, 0.25) is 0 Å². The van der Waals surface area contributed by atoms with E-state index in [1.807, 2.05) is 19.1 Å². The summed E-state index contributed by atoms with van der Waals surface area (Å²) in [6.45, 7) is 4.16. The van der Waals surface area contributed by atoms with E-state index >= 15 is 0 Å². The number of aryl methyl sites for hydroxylation is 1. The van der Waals surface area contributed by atoms with Crippen LogP contribution >= 0.6 is 0 Å². The first-order valence-electron chi connectivity index (χ1n) is 9.89. The Kier molecular flexibility index (Phi) is 8.78. The molecule has 142 valence electrons. The fraction of sp³-hybridized carbons (Fsp3) is 0.360. The zero-order chi connectivity index (χ0) is 19.5. The zero-order valence-electron chi connectivity index (χ0n) is 16.3. The second-order valence-corrected chi connectivity index (χ2v) is 6.80. The fourth-order valence-electron chi connectivity index (χ4n) is 2.78. The van der Waals surface area contributed by atoms with E-state index in [0.29, 0.717) is 6.42 Å². The second-order valence-electron chi connectivity index (χ2n) is 6.80. The molecular weight excluding hydrogens is 338 g/mol. The predicted molar refractivity (Wildman–Crippen MR) is 111 cm³/mol. The summed E-state index contributed by atoms with van der Waals surface area (Å²) in [7, 11) is 0. The van der Waals surface area contributed by atoms with E-state index in [0.717, 1.165) is 24.0 Å². The maximum atomic E-state index is 14.1. The Labute approximate surface area is 162 Å². The Balaban J connectivity index is 2.01. The molecule has 2 rings (SSSR count). The van der Waals surface area contributed by atoms with Crippen LogP contribution in [0.15, 0.2) is 54.4 Å². The minimum atomic E-state index is -0.762. The van der Waals surface area contributed by atoms with Crippen molar-refractivity contribution in [2.75, 3.05) is 0 Å². The van der Waals surface area contributed by atoms with E-state index < -0.39 is 11.7 Å². The van der Waals surface area contributed by atoms with Gasteiger partial charge in [-0.2, -0.15) is 0 Å². The minimum absolute atomic E-state index is 0.151. The topological polar surface area (TPSA) is 0 Å². The molecule has 0 atom stereocenters. The van der Waals surface area contributed by atoms with Crippen molar-refractivity contribution in [1.82, 2.24) is 0 Å². The molecule has 0 amide bonds. The molecule has 0 bridgehead atoms. The zero-order valence-corrected chi connectivity index (χ0v) is 16.3. The first kappa shape index (κ1) is 20.9. The summed E-state index contributed by atoms with van der Waals surface area (Å²) in [4.78, 5) is 0. The highest BCUT2D eigenvalue weighted by Crippen LogP contribution is 2.25. The Hall–Kier alpha value is -2.40. The number of unbranched alkanes of at least 4 members (excludes halogenated alkanes) is 3. The number of hydrogen-bond donors (Lipinski definition) is 0. The molecule has 0 aliphatic heterocycles. The summed E-state index contributed by atoms with van der Waals surface area (Å²) in [5.41, 5.74) is 3.35. The number of hydrogen-bond acceptors (Lipinski definition) is 0. The first-order chi connectivity index (χ1) is 13.1. The molecule has 0 aliphatic rings. The van der Waals surface area contributed by atoms with Gasteiger partial charge in [0, 0.05) is 23.1 Å². The predicted octanol–water partition coefficient (Wildman–Crippen LogP) is 7.62. The normalized spacial score (nSPS) is 11.6. The monoisotopic (exact) mass is 366 g/mol. The van der Waals surface area contributed by atoms with Gasteiger partial charge in [-0.3, -0.25) is 0 Å². The van der Waals surface area contributed by atoms with Crippen LogP contribution in [0, 0.1) is 11.8 Å². The molecule has 0 heterocycles. The lowest BCUT2D eigenvalue weighted by Crippen LogP contribution is -1.86. The van der Waals surface area contributed by atoms with Crippen LogP contribution in [-0.2, 0) is 6.42 Å². The maximum Gasteiger partial charge on any atom is 0.161 e. The molecule has 0 unspecified atom stereocenters. The maximum absolute atomic E-state index is 14.1. The van der Waals surface area contributed by atoms with Crippen LogP contribution in [0.25, 0.3) is 5.83 Å². The van der Waals surface area contributed by atoms with Crippen molar-refractivity contribution < 1.29 is 8.78 Å². The fourth-order valence-corrected chi connectivity index (χ4v) is 2.78. The Bertz CT molecular complexity index is 787. The Morgan fingerprint density at radius 3 is 1.85 bits per heavy atom. The quantitative estimate of drug-likeness (QED) is 0.333. The molecule has 0 aromatic heterocycles. The molecule has 0 nitrogen and oxygen atoms in total. The van der Waals surface area contributed by atoms with E-state index in [1.54, 1.807) is 24.3 Å². The second kappa shape index (κ2) is 11.3. The molecule has 0 fully saturated rings. The highest BCUT2D eigenvalue weighted by Gasteiger charge is 2.08. The molecule has 2 heteroatoms. The SMILES string of the molecule is CCCCCc1ccc(C#Cc2ccc(/C(F)=C(/F)CCCC)cc2)cc1. The molecule has 2 aromatic rings. The Morgan fingerprint density at radius 1 is 0.741 bits per heavy atom. The lowest BCUT2D eigenvalue weighted by molar-refractivity contribution is 0.548. The lowest BCUT2D eigenvalue weighted by Gasteiger charge is -2.02. The summed E-state index contributed by atoms with van der Waals surface area (Å²) in [6, 6.07) is 15.0. The average molecular weight is 366 g/mol. The number of halogens is 2. The van der Waals surface area contributed by atoms with Crippen molar-refractivity contribution in [3.63, 3.8) is 0 Å².